The SMILES string of the molecule is CCNc1cc(C(C)C)nc(-c2cccc(OC)n2)n1. The number of pyridine rings is 1. The molecule has 0 aromatic carbocycles. The zero-order chi connectivity index (χ0) is 14.5. The second kappa shape index (κ2) is 6.32. The van der Waals surface area contributed by atoms with Gasteiger partial charge in [0, 0.05) is 24.4 Å². The van der Waals surface area contributed by atoms with Gasteiger partial charge in [0.05, 0.1) is 7.11 Å². The largest absolute Gasteiger partial charge is 0.481 e. The third-order valence-corrected chi connectivity index (χ3v) is 2.86. The van der Waals surface area contributed by atoms with Gasteiger partial charge in [-0.3, -0.25) is 0 Å². The number of hydrogen-bond acceptors (Lipinski definition) is 5. The predicted molar refractivity (Wildman–Crippen MR) is 80.1 cm³/mol. The molecule has 2 aromatic heterocycles. The Morgan fingerprint density at radius 1 is 1.20 bits per heavy atom. The van der Waals surface area contributed by atoms with Gasteiger partial charge in [-0.15, -0.1) is 0 Å². The first-order valence-corrected chi connectivity index (χ1v) is 6.78. The fraction of sp³-hybridized carbons (Fsp3) is 0.400. The number of aromatic nitrogens is 3. The molecule has 2 rings (SSSR count). The van der Waals surface area contributed by atoms with Crippen molar-refractivity contribution >= 4 is 5.82 Å². The molecule has 0 saturated heterocycles. The van der Waals surface area contributed by atoms with Crippen LogP contribution in [0.25, 0.3) is 11.5 Å². The van der Waals surface area contributed by atoms with Gasteiger partial charge in [0.25, 0.3) is 0 Å². The summed E-state index contributed by atoms with van der Waals surface area (Å²) in [5, 5.41) is 3.23. The van der Waals surface area contributed by atoms with Gasteiger partial charge in [0.15, 0.2) is 5.82 Å². The maximum absolute atomic E-state index is 5.15. The first kappa shape index (κ1) is 14.2. The zero-order valence-corrected chi connectivity index (χ0v) is 12.3. The lowest BCUT2D eigenvalue weighted by atomic mass is 10.1. The van der Waals surface area contributed by atoms with Crippen molar-refractivity contribution in [1.29, 1.82) is 0 Å². The van der Waals surface area contributed by atoms with Crippen LogP contribution in [0.5, 0.6) is 5.88 Å². The van der Waals surface area contributed by atoms with Crippen molar-refractivity contribution in [2.24, 2.45) is 0 Å². The number of nitrogens with one attached hydrogen (secondary N) is 1. The van der Waals surface area contributed by atoms with E-state index in [1.54, 1.807) is 13.2 Å². The van der Waals surface area contributed by atoms with Crippen LogP contribution in [-0.4, -0.2) is 28.6 Å². The fourth-order valence-electron chi connectivity index (χ4n) is 1.80. The molecular weight excluding hydrogens is 252 g/mol. The molecule has 0 atom stereocenters. The van der Waals surface area contributed by atoms with Crippen molar-refractivity contribution in [1.82, 2.24) is 15.0 Å². The number of anilines is 1. The first-order chi connectivity index (χ1) is 9.63. The first-order valence-electron chi connectivity index (χ1n) is 6.78. The Kier molecular flexibility index (Phi) is 4.50. The van der Waals surface area contributed by atoms with Crippen molar-refractivity contribution in [2.75, 3.05) is 19.0 Å². The van der Waals surface area contributed by atoms with Crippen LogP contribution >= 0.6 is 0 Å². The van der Waals surface area contributed by atoms with Gasteiger partial charge in [0.1, 0.15) is 11.5 Å². The molecule has 0 aliphatic carbocycles. The second-order valence-electron chi connectivity index (χ2n) is 4.75. The van der Waals surface area contributed by atoms with Gasteiger partial charge in [-0.1, -0.05) is 19.9 Å². The van der Waals surface area contributed by atoms with Crippen LogP contribution in [0.1, 0.15) is 32.4 Å². The average Bonchev–Trinajstić information content (AvgIpc) is 2.47. The topological polar surface area (TPSA) is 59.9 Å². The van der Waals surface area contributed by atoms with Crippen LogP contribution in [0.15, 0.2) is 24.3 Å². The summed E-state index contributed by atoms with van der Waals surface area (Å²) in [4.78, 5) is 13.5. The van der Waals surface area contributed by atoms with E-state index in [4.69, 9.17) is 4.74 Å². The predicted octanol–water partition coefficient (Wildman–Crippen LogP) is 3.10. The van der Waals surface area contributed by atoms with Gasteiger partial charge in [0.2, 0.25) is 5.88 Å². The van der Waals surface area contributed by atoms with E-state index >= 15 is 0 Å². The molecule has 2 aromatic rings. The lowest BCUT2D eigenvalue weighted by molar-refractivity contribution is 0.398. The van der Waals surface area contributed by atoms with Crippen molar-refractivity contribution < 1.29 is 4.74 Å². The highest BCUT2D eigenvalue weighted by molar-refractivity contribution is 5.54. The van der Waals surface area contributed by atoms with E-state index in [9.17, 15) is 0 Å². The summed E-state index contributed by atoms with van der Waals surface area (Å²) >= 11 is 0. The fourth-order valence-corrected chi connectivity index (χ4v) is 1.80. The minimum Gasteiger partial charge on any atom is -0.481 e. The summed E-state index contributed by atoms with van der Waals surface area (Å²) < 4.78 is 5.15. The molecular formula is C15H20N4O. The zero-order valence-electron chi connectivity index (χ0n) is 12.3. The smallest absolute Gasteiger partial charge is 0.213 e. The normalized spacial score (nSPS) is 10.7. The quantitative estimate of drug-likeness (QED) is 0.906. The van der Waals surface area contributed by atoms with Crippen LogP contribution in [0.4, 0.5) is 5.82 Å². The van der Waals surface area contributed by atoms with Crippen LogP contribution in [0.3, 0.4) is 0 Å². The molecule has 0 spiro atoms. The van der Waals surface area contributed by atoms with Crippen molar-refractivity contribution in [2.45, 2.75) is 26.7 Å². The molecule has 0 aliphatic heterocycles. The molecule has 0 amide bonds. The van der Waals surface area contributed by atoms with E-state index in [1.165, 1.54) is 0 Å². The van der Waals surface area contributed by atoms with Gasteiger partial charge in [-0.2, -0.15) is 0 Å². The Labute approximate surface area is 119 Å². The third-order valence-electron chi connectivity index (χ3n) is 2.86. The standard InChI is InChI=1S/C15H20N4O/c1-5-16-13-9-12(10(2)3)18-15(19-13)11-7-6-8-14(17-11)20-4/h6-10H,5H2,1-4H3,(H,16,18,19). The molecule has 106 valence electrons. The highest BCUT2D eigenvalue weighted by atomic mass is 16.5. The van der Waals surface area contributed by atoms with Gasteiger partial charge in [-0.25, -0.2) is 15.0 Å². The maximum Gasteiger partial charge on any atom is 0.213 e. The molecule has 2 heterocycles. The number of methoxy groups -OCH3 is 1. The molecule has 0 bridgehead atoms. The Morgan fingerprint density at radius 3 is 2.65 bits per heavy atom. The van der Waals surface area contributed by atoms with Crippen molar-refractivity contribution in [3.8, 4) is 17.4 Å². The number of rotatable bonds is 5. The summed E-state index contributed by atoms with van der Waals surface area (Å²) in [5.74, 6) is 2.34. The summed E-state index contributed by atoms with van der Waals surface area (Å²) in [6, 6.07) is 7.57. The molecule has 0 saturated carbocycles. The molecule has 0 fully saturated rings. The number of nitrogens with zero attached hydrogens (tertiary/aromatic N) is 3. The summed E-state index contributed by atoms with van der Waals surface area (Å²) in [6.07, 6.45) is 0. The van der Waals surface area contributed by atoms with E-state index in [-0.39, 0.29) is 0 Å². The van der Waals surface area contributed by atoms with Crippen molar-refractivity contribution in [3.05, 3.63) is 30.0 Å². The highest BCUT2D eigenvalue weighted by Crippen LogP contribution is 2.22. The third kappa shape index (κ3) is 3.23. The van der Waals surface area contributed by atoms with Gasteiger partial charge < -0.3 is 10.1 Å². The number of hydrogen-bond donors (Lipinski definition) is 1. The second-order valence-corrected chi connectivity index (χ2v) is 4.75. The molecule has 5 nitrogen and oxygen atoms in total. The van der Waals surface area contributed by atoms with E-state index in [0.717, 1.165) is 18.1 Å². The minimum atomic E-state index is 0.333. The van der Waals surface area contributed by atoms with Crippen LogP contribution in [0.2, 0.25) is 0 Å². The van der Waals surface area contributed by atoms with E-state index < -0.39 is 0 Å². The molecule has 0 aliphatic rings. The van der Waals surface area contributed by atoms with Gasteiger partial charge >= 0.3 is 0 Å². The van der Waals surface area contributed by atoms with Gasteiger partial charge in [-0.05, 0) is 18.9 Å². The lowest BCUT2D eigenvalue weighted by Gasteiger charge is -2.11. The molecule has 20 heavy (non-hydrogen) atoms. The minimum absolute atomic E-state index is 0.333. The van der Waals surface area contributed by atoms with E-state index in [0.29, 0.717) is 23.3 Å². The highest BCUT2D eigenvalue weighted by Gasteiger charge is 2.10. The van der Waals surface area contributed by atoms with Crippen LogP contribution in [-0.2, 0) is 0 Å². The lowest BCUT2D eigenvalue weighted by Crippen LogP contribution is -2.05. The summed E-state index contributed by atoms with van der Waals surface area (Å²) in [7, 11) is 1.60. The monoisotopic (exact) mass is 272 g/mol. The van der Waals surface area contributed by atoms with Crippen molar-refractivity contribution in [3.63, 3.8) is 0 Å². The summed E-state index contributed by atoms with van der Waals surface area (Å²) in [6.45, 7) is 7.09. The Bertz CT molecular complexity index is 584. The Balaban J connectivity index is 2.48. The van der Waals surface area contributed by atoms with Crippen LogP contribution < -0.4 is 10.1 Å². The summed E-state index contributed by atoms with van der Waals surface area (Å²) in [5.41, 5.74) is 1.71. The molecule has 0 unspecified atom stereocenters. The molecule has 1 N–H and O–H groups in total. The average molecular weight is 272 g/mol. The maximum atomic E-state index is 5.15. The Morgan fingerprint density at radius 2 is 2.00 bits per heavy atom. The molecule has 5 heteroatoms. The molecule has 0 radical (unpaired) electrons. The Hall–Kier alpha value is -2.17. The van der Waals surface area contributed by atoms with Crippen LogP contribution in [0, 0.1) is 0 Å². The van der Waals surface area contributed by atoms with E-state index in [2.05, 4.69) is 34.1 Å². The van der Waals surface area contributed by atoms with E-state index in [1.807, 2.05) is 25.1 Å². The number of ether oxygens (including phenoxy) is 1.